The minimum absolute atomic E-state index is 0.120. The van der Waals surface area contributed by atoms with Crippen LogP contribution in [0.25, 0.3) is 0 Å². The van der Waals surface area contributed by atoms with Crippen LogP contribution in [0.2, 0.25) is 0 Å². The molecule has 0 aliphatic heterocycles. The molecule has 0 aromatic carbocycles. The van der Waals surface area contributed by atoms with Crippen LogP contribution in [0.5, 0.6) is 0 Å². The fourth-order valence-corrected chi connectivity index (χ4v) is 1.63. The Morgan fingerprint density at radius 2 is 1.88 bits per heavy atom. The maximum atomic E-state index is 4.12. The standard InChI is InChI=1S/C16H20/c1-5-6-7-11-15-12-9-8-10-14(2)16(3,4)13-15/h5-12H,1-2,13H2,3-4H3/b7-6-,10-8-,12-9-,15-11-. The zero-order valence-electron chi connectivity index (χ0n) is 10.2. The fraction of sp³-hybridized carbons (Fsp3) is 0.250. The summed E-state index contributed by atoms with van der Waals surface area (Å²) in [5.74, 6) is 0. The van der Waals surface area contributed by atoms with Crippen LogP contribution in [0.1, 0.15) is 20.3 Å². The van der Waals surface area contributed by atoms with Crippen molar-refractivity contribution in [1.29, 1.82) is 0 Å². The second kappa shape index (κ2) is 5.50. The lowest BCUT2D eigenvalue weighted by Gasteiger charge is -2.27. The van der Waals surface area contributed by atoms with Crippen molar-refractivity contribution in [3.63, 3.8) is 0 Å². The molecule has 0 nitrogen and oxygen atoms in total. The lowest BCUT2D eigenvalue weighted by atomic mass is 9.78. The van der Waals surface area contributed by atoms with E-state index < -0.39 is 0 Å². The molecule has 1 rings (SSSR count). The number of hydrogen-bond acceptors (Lipinski definition) is 0. The topological polar surface area (TPSA) is 0 Å². The average molecular weight is 212 g/mol. The van der Waals surface area contributed by atoms with Crippen molar-refractivity contribution in [2.75, 3.05) is 0 Å². The van der Waals surface area contributed by atoms with Gasteiger partial charge in [-0.15, -0.1) is 0 Å². The van der Waals surface area contributed by atoms with Crippen LogP contribution < -0.4 is 0 Å². The first-order chi connectivity index (χ1) is 7.56. The van der Waals surface area contributed by atoms with E-state index in [-0.39, 0.29) is 5.41 Å². The summed E-state index contributed by atoms with van der Waals surface area (Å²) in [6.07, 6.45) is 17.2. The van der Waals surface area contributed by atoms with E-state index in [0.29, 0.717) is 0 Å². The summed E-state index contributed by atoms with van der Waals surface area (Å²) in [6.45, 7) is 12.2. The summed E-state index contributed by atoms with van der Waals surface area (Å²) in [6, 6.07) is 0. The third kappa shape index (κ3) is 3.54. The first-order valence-electron chi connectivity index (χ1n) is 5.58. The van der Waals surface area contributed by atoms with E-state index in [1.165, 1.54) is 11.1 Å². The first kappa shape index (κ1) is 12.5. The molecule has 84 valence electrons. The molecule has 0 unspecified atom stereocenters. The third-order valence-electron chi connectivity index (χ3n) is 2.79. The Labute approximate surface area is 99.1 Å². The van der Waals surface area contributed by atoms with E-state index in [1.807, 2.05) is 18.2 Å². The highest BCUT2D eigenvalue weighted by atomic mass is 14.3. The van der Waals surface area contributed by atoms with Crippen LogP contribution in [-0.2, 0) is 0 Å². The highest BCUT2D eigenvalue weighted by Gasteiger charge is 2.21. The molecule has 0 saturated heterocycles. The van der Waals surface area contributed by atoms with Gasteiger partial charge in [0.25, 0.3) is 0 Å². The summed E-state index contributed by atoms with van der Waals surface area (Å²) in [4.78, 5) is 0. The minimum Gasteiger partial charge on any atom is -0.0991 e. The summed E-state index contributed by atoms with van der Waals surface area (Å²) < 4.78 is 0. The van der Waals surface area contributed by atoms with Crippen molar-refractivity contribution >= 4 is 0 Å². The fourth-order valence-electron chi connectivity index (χ4n) is 1.63. The van der Waals surface area contributed by atoms with Crippen molar-refractivity contribution in [3.8, 4) is 0 Å². The number of hydrogen-bond donors (Lipinski definition) is 0. The maximum Gasteiger partial charge on any atom is -0.00691 e. The van der Waals surface area contributed by atoms with E-state index in [1.54, 1.807) is 6.08 Å². The van der Waals surface area contributed by atoms with E-state index in [4.69, 9.17) is 0 Å². The van der Waals surface area contributed by atoms with Gasteiger partial charge in [0.05, 0.1) is 0 Å². The highest BCUT2D eigenvalue weighted by molar-refractivity contribution is 5.36. The zero-order chi connectivity index (χ0) is 12.0. The van der Waals surface area contributed by atoms with Gasteiger partial charge in [0.2, 0.25) is 0 Å². The Balaban J connectivity index is 2.95. The molecule has 0 radical (unpaired) electrons. The van der Waals surface area contributed by atoms with Gasteiger partial charge in [-0.1, -0.05) is 75.6 Å². The van der Waals surface area contributed by atoms with Crippen LogP contribution in [0, 0.1) is 5.41 Å². The Kier molecular flexibility index (Phi) is 4.30. The summed E-state index contributed by atoms with van der Waals surface area (Å²) in [5, 5.41) is 0. The molecule has 0 amide bonds. The van der Waals surface area contributed by atoms with Crippen LogP contribution in [0.4, 0.5) is 0 Å². The molecular weight excluding hydrogens is 192 g/mol. The van der Waals surface area contributed by atoms with Gasteiger partial charge in [-0.2, -0.15) is 0 Å². The Hall–Kier alpha value is -1.56. The molecule has 0 bridgehead atoms. The first-order valence-corrected chi connectivity index (χ1v) is 5.58. The molecule has 0 heterocycles. The number of rotatable bonds is 2. The van der Waals surface area contributed by atoms with Crippen LogP contribution in [0.15, 0.2) is 72.9 Å². The normalized spacial score (nSPS) is 26.4. The van der Waals surface area contributed by atoms with Crippen molar-refractivity contribution < 1.29 is 0 Å². The molecule has 0 aromatic heterocycles. The van der Waals surface area contributed by atoms with Gasteiger partial charge >= 0.3 is 0 Å². The second-order valence-corrected chi connectivity index (χ2v) is 4.67. The monoisotopic (exact) mass is 212 g/mol. The molecule has 0 saturated carbocycles. The predicted molar refractivity (Wildman–Crippen MR) is 73.2 cm³/mol. The minimum atomic E-state index is 0.120. The Morgan fingerprint density at radius 1 is 1.19 bits per heavy atom. The summed E-state index contributed by atoms with van der Waals surface area (Å²) in [7, 11) is 0. The molecule has 0 spiro atoms. The quantitative estimate of drug-likeness (QED) is 0.579. The van der Waals surface area contributed by atoms with Crippen molar-refractivity contribution in [3.05, 3.63) is 72.9 Å². The largest absolute Gasteiger partial charge is 0.0991 e. The Morgan fingerprint density at radius 3 is 2.56 bits per heavy atom. The van der Waals surface area contributed by atoms with Gasteiger partial charge in [-0.25, -0.2) is 0 Å². The van der Waals surface area contributed by atoms with E-state index >= 15 is 0 Å². The van der Waals surface area contributed by atoms with Crippen LogP contribution in [-0.4, -0.2) is 0 Å². The van der Waals surface area contributed by atoms with Crippen molar-refractivity contribution in [2.24, 2.45) is 5.41 Å². The van der Waals surface area contributed by atoms with Crippen molar-refractivity contribution in [1.82, 2.24) is 0 Å². The third-order valence-corrected chi connectivity index (χ3v) is 2.79. The molecule has 16 heavy (non-hydrogen) atoms. The van der Waals surface area contributed by atoms with Gasteiger partial charge in [-0.3, -0.25) is 0 Å². The van der Waals surface area contributed by atoms with Crippen molar-refractivity contribution in [2.45, 2.75) is 20.3 Å². The summed E-state index contributed by atoms with van der Waals surface area (Å²) >= 11 is 0. The zero-order valence-corrected chi connectivity index (χ0v) is 10.2. The average Bonchev–Trinajstić information content (AvgIpc) is 2.22. The SMILES string of the molecule is C=C\C=C/C=C1/C=C\C=C/C(=C)C(C)(C)C1. The van der Waals surface area contributed by atoms with Gasteiger partial charge in [0, 0.05) is 0 Å². The molecule has 1 aliphatic rings. The van der Waals surface area contributed by atoms with Gasteiger partial charge < -0.3 is 0 Å². The second-order valence-electron chi connectivity index (χ2n) is 4.67. The number of allylic oxidation sites excluding steroid dienone is 10. The maximum absolute atomic E-state index is 4.12. The molecule has 0 N–H and O–H groups in total. The predicted octanol–water partition coefficient (Wildman–Crippen LogP) is 4.75. The van der Waals surface area contributed by atoms with Gasteiger partial charge in [0.15, 0.2) is 0 Å². The van der Waals surface area contributed by atoms with Crippen LogP contribution >= 0.6 is 0 Å². The van der Waals surface area contributed by atoms with E-state index in [9.17, 15) is 0 Å². The molecule has 0 aromatic rings. The lowest BCUT2D eigenvalue weighted by molar-refractivity contribution is 0.457. The molecule has 0 fully saturated rings. The van der Waals surface area contributed by atoms with Gasteiger partial charge in [-0.05, 0) is 23.0 Å². The van der Waals surface area contributed by atoms with Gasteiger partial charge in [0.1, 0.15) is 0 Å². The van der Waals surface area contributed by atoms with E-state index in [0.717, 1.165) is 6.42 Å². The molecular formula is C16H20. The smallest absolute Gasteiger partial charge is 0.00691 e. The molecule has 1 aliphatic carbocycles. The summed E-state index contributed by atoms with van der Waals surface area (Å²) in [5.41, 5.74) is 2.61. The molecule has 0 heteroatoms. The van der Waals surface area contributed by atoms with Crippen LogP contribution in [0.3, 0.4) is 0 Å². The Bertz CT molecular complexity index is 384. The highest BCUT2D eigenvalue weighted by Crippen LogP contribution is 2.34. The van der Waals surface area contributed by atoms with E-state index in [2.05, 4.69) is 51.3 Å². The lowest BCUT2D eigenvalue weighted by Crippen LogP contribution is -2.14. The molecule has 0 atom stereocenters.